The Bertz CT molecular complexity index is 1020. The number of amides is 1. The van der Waals surface area contributed by atoms with Gasteiger partial charge in [-0.25, -0.2) is 9.38 Å². The van der Waals surface area contributed by atoms with Crippen LogP contribution in [0.25, 0.3) is 6.08 Å². The van der Waals surface area contributed by atoms with Gasteiger partial charge in [-0.2, -0.15) is 0 Å². The third-order valence-electron chi connectivity index (χ3n) is 5.32. The second-order valence-corrected chi connectivity index (χ2v) is 8.76. The molecule has 7 heteroatoms. The lowest BCUT2D eigenvalue weighted by atomic mass is 9.94. The number of methoxy groups -OCH3 is 1. The monoisotopic (exact) mass is 444 g/mol. The molecule has 1 aliphatic carbocycles. The van der Waals surface area contributed by atoms with E-state index >= 15 is 0 Å². The van der Waals surface area contributed by atoms with Gasteiger partial charge in [0.05, 0.1) is 12.0 Å². The summed E-state index contributed by atoms with van der Waals surface area (Å²) in [5.74, 6) is 0.114. The van der Waals surface area contributed by atoms with Gasteiger partial charge in [0.25, 0.3) is 5.91 Å². The Morgan fingerprint density at radius 3 is 2.70 bits per heavy atom. The molecule has 0 bridgehead atoms. The van der Waals surface area contributed by atoms with E-state index in [0.717, 1.165) is 31.2 Å². The lowest BCUT2D eigenvalue weighted by Crippen LogP contribution is -2.40. The Morgan fingerprint density at radius 2 is 1.97 bits per heavy atom. The Hall–Kier alpha value is -2.31. The summed E-state index contributed by atoms with van der Waals surface area (Å²) < 4.78 is 19.6. The third kappa shape index (κ3) is 4.40. The Labute approximate surface area is 184 Å². The smallest absolute Gasteiger partial charge is 0.267 e. The van der Waals surface area contributed by atoms with E-state index < -0.39 is 5.82 Å². The van der Waals surface area contributed by atoms with Crippen molar-refractivity contribution >= 4 is 46.2 Å². The number of carbonyl (C=O) groups excluding carboxylic acids is 1. The molecule has 0 N–H and O–H groups in total. The molecule has 2 fully saturated rings. The number of benzene rings is 2. The molecular formula is C23H22ClFN2O2S. The van der Waals surface area contributed by atoms with Gasteiger partial charge in [0.15, 0.2) is 5.17 Å². The van der Waals surface area contributed by atoms with E-state index in [-0.39, 0.29) is 17.6 Å². The van der Waals surface area contributed by atoms with Crippen molar-refractivity contribution in [3.8, 4) is 5.75 Å². The zero-order chi connectivity index (χ0) is 21.1. The number of hydrogen-bond donors (Lipinski definition) is 0. The highest BCUT2D eigenvalue weighted by atomic mass is 35.5. The normalized spacial score (nSPS) is 20.4. The van der Waals surface area contributed by atoms with Crippen LogP contribution in [0.3, 0.4) is 0 Å². The van der Waals surface area contributed by atoms with Crippen molar-refractivity contribution in [2.75, 3.05) is 7.11 Å². The standard InChI is InChI=1S/C23H22ClFN2O2S/c1-29-20-12-11-16(24)13-15(20)14-21-22(28)27(17-7-3-2-4-8-17)23(30-21)26-19-10-6-5-9-18(19)25/h5-6,9-14,17H,2-4,7-8H2,1H3/b21-14-,26-23?. The topological polar surface area (TPSA) is 41.9 Å². The molecule has 1 amide bonds. The lowest BCUT2D eigenvalue weighted by Gasteiger charge is -2.30. The van der Waals surface area contributed by atoms with Gasteiger partial charge >= 0.3 is 0 Å². The average Bonchev–Trinajstić information content (AvgIpc) is 3.05. The Kier molecular flexibility index (Phi) is 6.44. The maximum Gasteiger partial charge on any atom is 0.267 e. The molecule has 4 nitrogen and oxygen atoms in total. The van der Waals surface area contributed by atoms with E-state index in [1.807, 2.05) is 0 Å². The number of aliphatic imine (C=N–C) groups is 1. The van der Waals surface area contributed by atoms with Gasteiger partial charge in [-0.15, -0.1) is 0 Å². The highest BCUT2D eigenvalue weighted by molar-refractivity contribution is 8.18. The predicted octanol–water partition coefficient (Wildman–Crippen LogP) is 6.42. The number of ether oxygens (including phenoxy) is 1. The molecule has 30 heavy (non-hydrogen) atoms. The van der Waals surface area contributed by atoms with Crippen molar-refractivity contribution in [2.45, 2.75) is 38.1 Å². The molecule has 156 valence electrons. The minimum absolute atomic E-state index is 0.0800. The highest BCUT2D eigenvalue weighted by Crippen LogP contribution is 2.39. The van der Waals surface area contributed by atoms with Crippen LogP contribution in [0.4, 0.5) is 10.1 Å². The fourth-order valence-electron chi connectivity index (χ4n) is 3.83. The van der Waals surface area contributed by atoms with E-state index in [2.05, 4.69) is 4.99 Å². The lowest BCUT2D eigenvalue weighted by molar-refractivity contribution is -0.124. The summed E-state index contributed by atoms with van der Waals surface area (Å²) in [7, 11) is 1.58. The number of hydrogen-bond acceptors (Lipinski definition) is 4. The summed E-state index contributed by atoms with van der Waals surface area (Å²) in [6.45, 7) is 0. The summed E-state index contributed by atoms with van der Waals surface area (Å²) in [6, 6.07) is 11.7. The predicted molar refractivity (Wildman–Crippen MR) is 121 cm³/mol. The van der Waals surface area contributed by atoms with Crippen molar-refractivity contribution in [1.29, 1.82) is 0 Å². The van der Waals surface area contributed by atoms with E-state index in [9.17, 15) is 9.18 Å². The molecule has 0 unspecified atom stereocenters. The molecule has 1 aliphatic heterocycles. The zero-order valence-electron chi connectivity index (χ0n) is 16.6. The van der Waals surface area contributed by atoms with Gasteiger partial charge in [-0.3, -0.25) is 9.69 Å². The number of carbonyl (C=O) groups is 1. The van der Waals surface area contributed by atoms with Gasteiger partial charge in [0, 0.05) is 16.6 Å². The number of thioether (sulfide) groups is 1. The summed E-state index contributed by atoms with van der Waals surface area (Å²) in [5, 5.41) is 1.08. The first-order valence-corrected chi connectivity index (χ1v) is 11.2. The van der Waals surface area contributed by atoms with Crippen LogP contribution in [-0.2, 0) is 4.79 Å². The van der Waals surface area contributed by atoms with Crippen LogP contribution in [0, 0.1) is 5.82 Å². The number of amidine groups is 1. The van der Waals surface area contributed by atoms with Gasteiger partial charge in [-0.05, 0) is 61.0 Å². The van der Waals surface area contributed by atoms with Crippen LogP contribution in [0.1, 0.15) is 37.7 Å². The minimum atomic E-state index is -0.407. The van der Waals surface area contributed by atoms with Crippen LogP contribution in [0.5, 0.6) is 5.75 Å². The number of para-hydroxylation sites is 1. The molecular weight excluding hydrogens is 423 g/mol. The van der Waals surface area contributed by atoms with Gasteiger partial charge in [-0.1, -0.05) is 43.0 Å². The van der Waals surface area contributed by atoms with Gasteiger partial charge in [0.2, 0.25) is 0 Å². The number of rotatable bonds is 4. The second kappa shape index (κ2) is 9.23. The van der Waals surface area contributed by atoms with Crippen LogP contribution < -0.4 is 4.74 Å². The first-order valence-electron chi connectivity index (χ1n) is 9.96. The molecule has 0 spiro atoms. The van der Waals surface area contributed by atoms with Crippen molar-refractivity contribution in [2.24, 2.45) is 4.99 Å². The van der Waals surface area contributed by atoms with Crippen molar-refractivity contribution in [1.82, 2.24) is 4.90 Å². The van der Waals surface area contributed by atoms with Crippen molar-refractivity contribution in [3.05, 3.63) is 63.8 Å². The zero-order valence-corrected chi connectivity index (χ0v) is 18.2. The van der Waals surface area contributed by atoms with Gasteiger partial charge < -0.3 is 4.74 Å². The molecule has 0 atom stereocenters. The first kappa shape index (κ1) is 20.9. The molecule has 2 aromatic carbocycles. The molecule has 1 saturated carbocycles. The minimum Gasteiger partial charge on any atom is -0.496 e. The second-order valence-electron chi connectivity index (χ2n) is 7.31. The summed E-state index contributed by atoms with van der Waals surface area (Å²) in [5.41, 5.74) is 0.951. The van der Waals surface area contributed by atoms with Crippen LogP contribution in [0.2, 0.25) is 5.02 Å². The summed E-state index contributed by atoms with van der Waals surface area (Å²) >= 11 is 7.41. The fraction of sp³-hybridized carbons (Fsp3) is 0.304. The Morgan fingerprint density at radius 1 is 1.20 bits per heavy atom. The van der Waals surface area contributed by atoms with Crippen LogP contribution in [-0.4, -0.2) is 29.1 Å². The molecule has 0 radical (unpaired) electrons. The van der Waals surface area contributed by atoms with Crippen LogP contribution in [0.15, 0.2) is 52.4 Å². The largest absolute Gasteiger partial charge is 0.496 e. The summed E-state index contributed by atoms with van der Waals surface area (Å²) in [6.07, 6.45) is 6.96. The first-order chi connectivity index (χ1) is 14.6. The van der Waals surface area contributed by atoms with Crippen LogP contribution >= 0.6 is 23.4 Å². The molecule has 4 rings (SSSR count). The highest BCUT2D eigenvalue weighted by Gasteiger charge is 2.39. The van der Waals surface area contributed by atoms with E-state index in [1.165, 1.54) is 24.2 Å². The number of halogens is 2. The molecule has 2 aromatic rings. The maximum absolute atomic E-state index is 14.2. The quantitative estimate of drug-likeness (QED) is 0.510. The molecule has 2 aliphatic rings. The van der Waals surface area contributed by atoms with Crippen molar-refractivity contribution < 1.29 is 13.9 Å². The average molecular weight is 445 g/mol. The summed E-state index contributed by atoms with van der Waals surface area (Å²) in [4.78, 5) is 20.2. The maximum atomic E-state index is 14.2. The SMILES string of the molecule is COc1ccc(Cl)cc1/C=C1\SC(=Nc2ccccc2F)N(C2CCCCC2)C1=O. The van der Waals surface area contributed by atoms with Crippen molar-refractivity contribution in [3.63, 3.8) is 0 Å². The molecule has 0 aromatic heterocycles. The fourth-order valence-corrected chi connectivity index (χ4v) is 5.05. The Balaban J connectivity index is 1.75. The molecule has 1 saturated heterocycles. The van der Waals surface area contributed by atoms with E-state index in [4.69, 9.17) is 16.3 Å². The van der Waals surface area contributed by atoms with E-state index in [0.29, 0.717) is 20.8 Å². The van der Waals surface area contributed by atoms with E-state index in [1.54, 1.807) is 54.5 Å². The van der Waals surface area contributed by atoms with Gasteiger partial charge in [0.1, 0.15) is 17.3 Å². The molecule has 1 heterocycles. The number of nitrogens with zero attached hydrogens (tertiary/aromatic N) is 2. The third-order valence-corrected chi connectivity index (χ3v) is 6.54.